The maximum absolute atomic E-state index is 12.9. The molecule has 0 N–H and O–H groups in total. The summed E-state index contributed by atoms with van der Waals surface area (Å²) in [6, 6.07) is 18.1. The van der Waals surface area contributed by atoms with Crippen LogP contribution in [0.25, 0.3) is 6.08 Å². The Morgan fingerprint density at radius 1 is 1.16 bits per heavy atom. The van der Waals surface area contributed by atoms with E-state index in [-0.39, 0.29) is 11.8 Å². The Morgan fingerprint density at radius 3 is 2.69 bits per heavy atom. The molecular formula is C27H29N3O2. The van der Waals surface area contributed by atoms with Gasteiger partial charge >= 0.3 is 0 Å². The molecule has 5 heteroatoms. The average molecular weight is 428 g/mol. The van der Waals surface area contributed by atoms with E-state index in [1.54, 1.807) is 13.2 Å². The van der Waals surface area contributed by atoms with Crippen molar-refractivity contribution in [3.63, 3.8) is 0 Å². The van der Waals surface area contributed by atoms with E-state index >= 15 is 0 Å². The Hall–Kier alpha value is -3.47. The largest absolute Gasteiger partial charge is 0.497 e. The smallest absolute Gasteiger partial charge is 0.246 e. The van der Waals surface area contributed by atoms with Gasteiger partial charge in [0.05, 0.1) is 12.8 Å². The molecule has 1 fully saturated rings. The van der Waals surface area contributed by atoms with Crippen LogP contribution in [0.2, 0.25) is 0 Å². The molecule has 164 valence electrons. The van der Waals surface area contributed by atoms with E-state index in [1.165, 1.54) is 5.56 Å². The van der Waals surface area contributed by atoms with Crippen LogP contribution in [-0.2, 0) is 11.2 Å². The average Bonchev–Trinajstić information content (AvgIpc) is 2.84. The number of methoxy groups -OCH3 is 1. The zero-order valence-corrected chi connectivity index (χ0v) is 18.7. The molecule has 0 bridgehead atoms. The first kappa shape index (κ1) is 21.8. The zero-order chi connectivity index (χ0) is 22.3. The lowest BCUT2D eigenvalue weighted by Crippen LogP contribution is -2.38. The summed E-state index contributed by atoms with van der Waals surface area (Å²) < 4.78 is 5.19. The Morgan fingerprint density at radius 2 is 1.94 bits per heavy atom. The molecule has 1 aromatic heterocycles. The minimum absolute atomic E-state index is 0.0425. The van der Waals surface area contributed by atoms with E-state index in [1.807, 2.05) is 54.4 Å². The molecule has 2 heterocycles. The molecule has 1 unspecified atom stereocenters. The molecule has 4 rings (SSSR count). The van der Waals surface area contributed by atoms with Crippen LogP contribution in [0.3, 0.4) is 0 Å². The highest BCUT2D eigenvalue weighted by atomic mass is 16.5. The fourth-order valence-electron chi connectivity index (χ4n) is 4.21. The van der Waals surface area contributed by atoms with E-state index in [0.717, 1.165) is 54.2 Å². The van der Waals surface area contributed by atoms with Crippen molar-refractivity contribution in [2.75, 3.05) is 20.2 Å². The summed E-state index contributed by atoms with van der Waals surface area (Å²) in [7, 11) is 1.64. The van der Waals surface area contributed by atoms with Crippen LogP contribution in [0.1, 0.15) is 47.0 Å². The molecule has 0 aliphatic carbocycles. The van der Waals surface area contributed by atoms with Crippen molar-refractivity contribution in [3.8, 4) is 5.75 Å². The van der Waals surface area contributed by atoms with E-state index in [2.05, 4.69) is 29.2 Å². The molecule has 1 saturated heterocycles. The van der Waals surface area contributed by atoms with Crippen molar-refractivity contribution >= 4 is 12.0 Å². The maximum Gasteiger partial charge on any atom is 0.246 e. The number of amides is 1. The second-order valence-corrected chi connectivity index (χ2v) is 8.22. The van der Waals surface area contributed by atoms with Gasteiger partial charge in [-0.2, -0.15) is 0 Å². The van der Waals surface area contributed by atoms with Gasteiger partial charge in [0, 0.05) is 37.7 Å². The summed E-state index contributed by atoms with van der Waals surface area (Å²) in [5, 5.41) is 0. The first-order chi connectivity index (χ1) is 15.6. The van der Waals surface area contributed by atoms with Gasteiger partial charge in [0.15, 0.2) is 0 Å². The minimum Gasteiger partial charge on any atom is -0.497 e. The summed E-state index contributed by atoms with van der Waals surface area (Å²) in [6.45, 7) is 3.39. The molecule has 0 radical (unpaired) electrons. The van der Waals surface area contributed by atoms with Gasteiger partial charge in [-0.05, 0) is 54.7 Å². The highest BCUT2D eigenvalue weighted by Gasteiger charge is 2.26. The fourth-order valence-corrected chi connectivity index (χ4v) is 4.21. The lowest BCUT2D eigenvalue weighted by molar-refractivity contribution is -0.127. The molecule has 1 amide bonds. The highest BCUT2D eigenvalue weighted by molar-refractivity contribution is 5.91. The lowest BCUT2D eigenvalue weighted by atomic mass is 9.90. The number of likely N-dealkylation sites (tertiary alicyclic amines) is 1. The zero-order valence-electron chi connectivity index (χ0n) is 18.7. The van der Waals surface area contributed by atoms with Crippen molar-refractivity contribution in [2.24, 2.45) is 0 Å². The van der Waals surface area contributed by atoms with Gasteiger partial charge in [0.2, 0.25) is 5.91 Å². The predicted octanol–water partition coefficient (Wildman–Crippen LogP) is 4.80. The third-order valence-electron chi connectivity index (χ3n) is 5.91. The van der Waals surface area contributed by atoms with Gasteiger partial charge in [-0.15, -0.1) is 0 Å². The number of carbonyl (C=O) groups is 1. The number of carbonyl (C=O) groups excluding carboxylic acids is 1. The highest BCUT2D eigenvalue weighted by Crippen LogP contribution is 2.29. The van der Waals surface area contributed by atoms with E-state index < -0.39 is 0 Å². The number of aryl methyl sites for hydroxylation is 1. The number of hydrogen-bond acceptors (Lipinski definition) is 4. The number of nitrogens with zero attached hydrogens (tertiary/aromatic N) is 3. The maximum atomic E-state index is 12.9. The topological polar surface area (TPSA) is 55.3 Å². The van der Waals surface area contributed by atoms with Crippen molar-refractivity contribution in [2.45, 2.75) is 32.1 Å². The second-order valence-electron chi connectivity index (χ2n) is 8.22. The van der Waals surface area contributed by atoms with Crippen molar-refractivity contribution in [1.29, 1.82) is 0 Å². The molecule has 1 atom stereocenters. The van der Waals surface area contributed by atoms with Crippen LogP contribution in [-0.4, -0.2) is 41.0 Å². The molecule has 1 aliphatic heterocycles. The summed E-state index contributed by atoms with van der Waals surface area (Å²) in [5.41, 5.74) is 4.45. The van der Waals surface area contributed by atoms with Gasteiger partial charge in [0.1, 0.15) is 11.6 Å². The number of ether oxygens (including phenoxy) is 1. The number of rotatable bonds is 6. The standard InChI is InChI=1S/C27H29N3O2/c1-20-28-18-24(17-22-7-4-3-5-8-22)27(29-20)23-9-6-16-30(19-23)26(31)15-12-21-10-13-25(32-2)14-11-21/h3-5,7-8,10-15,18,23H,6,9,16-17,19H2,1-2H3/b15-12+. The fraction of sp³-hybridized carbons (Fsp3) is 0.296. The molecule has 0 spiro atoms. The molecule has 5 nitrogen and oxygen atoms in total. The Labute approximate surface area is 189 Å². The molecule has 32 heavy (non-hydrogen) atoms. The Kier molecular flexibility index (Phi) is 6.95. The Bertz CT molecular complexity index is 1080. The molecule has 2 aromatic carbocycles. The van der Waals surface area contributed by atoms with Crippen LogP contribution in [0, 0.1) is 6.92 Å². The molecule has 1 aliphatic rings. The molecule has 3 aromatic rings. The summed E-state index contributed by atoms with van der Waals surface area (Å²) in [4.78, 5) is 24.1. The van der Waals surface area contributed by atoms with Gasteiger partial charge in [-0.1, -0.05) is 42.5 Å². The number of piperidine rings is 1. The number of aromatic nitrogens is 2. The monoisotopic (exact) mass is 427 g/mol. The van der Waals surface area contributed by atoms with Gasteiger partial charge in [-0.25, -0.2) is 9.97 Å². The summed E-state index contributed by atoms with van der Waals surface area (Å²) in [6.07, 6.45) is 8.29. The van der Waals surface area contributed by atoms with Crippen LogP contribution >= 0.6 is 0 Å². The third kappa shape index (κ3) is 5.41. The predicted molar refractivity (Wildman–Crippen MR) is 127 cm³/mol. The first-order valence-corrected chi connectivity index (χ1v) is 11.1. The van der Waals surface area contributed by atoms with Crippen LogP contribution < -0.4 is 4.74 Å². The van der Waals surface area contributed by atoms with Gasteiger partial charge in [0.25, 0.3) is 0 Å². The quantitative estimate of drug-likeness (QED) is 0.530. The van der Waals surface area contributed by atoms with E-state index in [9.17, 15) is 4.79 Å². The molecule has 0 saturated carbocycles. The van der Waals surface area contributed by atoms with Crippen molar-refractivity contribution in [3.05, 3.63) is 95.1 Å². The van der Waals surface area contributed by atoms with Gasteiger partial charge in [-0.3, -0.25) is 4.79 Å². The number of benzene rings is 2. The summed E-state index contributed by atoms with van der Waals surface area (Å²) >= 11 is 0. The molecular weight excluding hydrogens is 398 g/mol. The van der Waals surface area contributed by atoms with Crippen LogP contribution in [0.15, 0.2) is 66.9 Å². The third-order valence-corrected chi connectivity index (χ3v) is 5.91. The first-order valence-electron chi connectivity index (χ1n) is 11.1. The second kappa shape index (κ2) is 10.2. The van der Waals surface area contributed by atoms with Crippen molar-refractivity contribution in [1.82, 2.24) is 14.9 Å². The Balaban J connectivity index is 1.48. The lowest BCUT2D eigenvalue weighted by Gasteiger charge is -2.32. The van der Waals surface area contributed by atoms with Crippen molar-refractivity contribution < 1.29 is 9.53 Å². The number of hydrogen-bond donors (Lipinski definition) is 0. The van der Waals surface area contributed by atoms with E-state index in [4.69, 9.17) is 9.72 Å². The normalized spacial score (nSPS) is 16.3. The van der Waals surface area contributed by atoms with Gasteiger partial charge < -0.3 is 9.64 Å². The minimum atomic E-state index is 0.0425. The van der Waals surface area contributed by atoms with Crippen LogP contribution in [0.5, 0.6) is 5.75 Å². The van der Waals surface area contributed by atoms with Crippen LogP contribution in [0.4, 0.5) is 0 Å². The SMILES string of the molecule is COc1ccc(/C=C/C(=O)N2CCCC(c3nc(C)ncc3Cc3ccccc3)C2)cc1. The van der Waals surface area contributed by atoms with E-state index in [0.29, 0.717) is 6.54 Å². The summed E-state index contributed by atoms with van der Waals surface area (Å²) in [5.74, 6) is 1.85.